The SMILES string of the molecule is CCC(C)C(C(CC(=O)N1CCCC1C(CC(=O)NC(Cc1ccccc1)P(=O)(O)CC(=O)NCCOCCN)OC)OC)N(C)C(=O)[C@@H](N=C(N(C)C)N(C)C)C(C)C.CS. The molecule has 7 unspecified atom stereocenters. The number of benzene rings is 1. The Morgan fingerprint density at radius 1 is 0.984 bits per heavy atom. The second-order valence-electron chi connectivity index (χ2n) is 16.4. The highest BCUT2D eigenvalue weighted by Crippen LogP contribution is 2.46. The molecule has 0 radical (unpaired) electrons. The molecule has 0 saturated carbocycles. The van der Waals surface area contributed by atoms with Crippen molar-refractivity contribution in [3.05, 3.63) is 35.9 Å². The number of ether oxygens (including phenoxy) is 3. The van der Waals surface area contributed by atoms with Crippen LogP contribution >= 0.6 is 20.0 Å². The van der Waals surface area contributed by atoms with Gasteiger partial charge in [-0.05, 0) is 36.5 Å². The third-order valence-corrected chi connectivity index (χ3v) is 13.1. The lowest BCUT2D eigenvalue weighted by Crippen LogP contribution is -2.54. The maximum atomic E-state index is 14.3. The number of hydrogen-bond donors (Lipinski definition) is 5. The topological polar surface area (TPSA) is 209 Å². The van der Waals surface area contributed by atoms with Crippen LogP contribution in [0.3, 0.4) is 0 Å². The average Bonchev–Trinajstić information content (AvgIpc) is 3.72. The summed E-state index contributed by atoms with van der Waals surface area (Å²) in [7, 11) is 8.03. The van der Waals surface area contributed by atoms with Crippen LogP contribution in [0.2, 0.25) is 0 Å². The van der Waals surface area contributed by atoms with Gasteiger partial charge in [-0.1, -0.05) is 64.4 Å². The molecule has 1 aliphatic rings. The van der Waals surface area contributed by atoms with E-state index in [9.17, 15) is 28.6 Å². The fraction of sp³-hybridized carbons (Fsp3) is 0.744. The summed E-state index contributed by atoms with van der Waals surface area (Å²) in [5.41, 5.74) is 6.13. The predicted molar refractivity (Wildman–Crippen MR) is 250 cm³/mol. The van der Waals surface area contributed by atoms with E-state index in [0.717, 1.165) is 6.42 Å². The third-order valence-electron chi connectivity index (χ3n) is 11.0. The first-order chi connectivity index (χ1) is 29.3. The van der Waals surface area contributed by atoms with Crippen molar-refractivity contribution in [3.63, 3.8) is 0 Å². The van der Waals surface area contributed by atoms with Crippen molar-refractivity contribution in [2.24, 2.45) is 22.6 Å². The van der Waals surface area contributed by atoms with Crippen LogP contribution in [0.5, 0.6) is 0 Å². The van der Waals surface area contributed by atoms with Crippen LogP contribution < -0.4 is 16.4 Å². The molecular weight excluding hydrogens is 836 g/mol. The number of amides is 4. The zero-order valence-corrected chi connectivity index (χ0v) is 41.2. The molecule has 8 atom stereocenters. The van der Waals surface area contributed by atoms with Crippen molar-refractivity contribution in [1.29, 1.82) is 0 Å². The van der Waals surface area contributed by atoms with Gasteiger partial charge >= 0.3 is 0 Å². The molecule has 0 spiro atoms. The molecule has 5 N–H and O–H groups in total. The first kappa shape index (κ1) is 56.8. The Balaban J connectivity index is 0.00000946. The summed E-state index contributed by atoms with van der Waals surface area (Å²) in [4.78, 5) is 78.2. The van der Waals surface area contributed by atoms with Crippen LogP contribution in [0.15, 0.2) is 35.3 Å². The minimum atomic E-state index is -4.29. The number of nitrogens with two attached hydrogens (primary N) is 1. The van der Waals surface area contributed by atoms with Crippen LogP contribution in [0.1, 0.15) is 65.4 Å². The van der Waals surface area contributed by atoms with Crippen LogP contribution in [-0.4, -0.2) is 185 Å². The number of nitrogens with one attached hydrogen (secondary N) is 2. The molecule has 1 aromatic rings. The number of carbonyl (C=O) groups excluding carboxylic acids is 4. The molecule has 17 nitrogen and oxygen atoms in total. The number of aliphatic imine (C=N–C) groups is 1. The van der Waals surface area contributed by atoms with Gasteiger partial charge in [0.05, 0.1) is 50.3 Å². The first-order valence-corrected chi connectivity index (χ1v) is 24.3. The van der Waals surface area contributed by atoms with Crippen LogP contribution in [0, 0.1) is 11.8 Å². The smallest absolute Gasteiger partial charge is 0.247 e. The second-order valence-corrected chi connectivity index (χ2v) is 18.9. The summed E-state index contributed by atoms with van der Waals surface area (Å²) in [6, 6.07) is 7.39. The van der Waals surface area contributed by atoms with E-state index in [0.29, 0.717) is 44.1 Å². The van der Waals surface area contributed by atoms with Gasteiger partial charge in [0.25, 0.3) is 0 Å². The van der Waals surface area contributed by atoms with Crippen molar-refractivity contribution in [2.75, 3.05) is 94.7 Å². The van der Waals surface area contributed by atoms with Crippen molar-refractivity contribution in [1.82, 2.24) is 30.2 Å². The van der Waals surface area contributed by atoms with Crippen molar-refractivity contribution in [2.45, 2.75) is 102 Å². The van der Waals surface area contributed by atoms with E-state index in [1.165, 1.54) is 7.11 Å². The first-order valence-electron chi connectivity index (χ1n) is 21.5. The number of thiol groups is 1. The summed E-state index contributed by atoms with van der Waals surface area (Å²) in [5.74, 6) is -2.26. The highest BCUT2D eigenvalue weighted by Gasteiger charge is 2.42. The van der Waals surface area contributed by atoms with Gasteiger partial charge in [0.2, 0.25) is 31.0 Å². The standard InChI is InChI=1S/C42H75N8O9P.CH4S/c1-12-30(4)40(49(9)41(54)39(29(2)3)46-42(47(5)6)48(7)8)34(58-11)27-38(53)50-22-16-19-32(50)33(57-10)26-35(51)45-37(25-31-17-14-13-15-18-31)60(55,56)28-36(52)44-21-24-59-23-20-43;1-2/h13-15,17-18,29-30,32-34,37,39-40H,12,16,19-28,43H2,1-11H3,(H,44,52)(H,45,51)(H,55,56);2H,1H3/t30?,32?,33?,34?,37?,39-,40?;/m0./s1. The van der Waals surface area contributed by atoms with Crippen molar-refractivity contribution >= 4 is 49.6 Å². The predicted octanol–water partition coefficient (Wildman–Crippen LogP) is 2.76. The molecule has 356 valence electrons. The normalized spacial score (nSPS) is 17.5. The maximum Gasteiger partial charge on any atom is 0.247 e. The Hall–Kier alpha value is -3.25. The molecule has 1 aliphatic heterocycles. The molecule has 19 heteroatoms. The van der Waals surface area contributed by atoms with Gasteiger partial charge < -0.3 is 55.1 Å². The Morgan fingerprint density at radius 2 is 1.61 bits per heavy atom. The van der Waals surface area contributed by atoms with Crippen molar-refractivity contribution in [3.8, 4) is 0 Å². The number of likely N-dealkylation sites (N-methyl/N-ethyl adjacent to an activating group) is 1. The van der Waals surface area contributed by atoms with E-state index in [4.69, 9.17) is 24.9 Å². The van der Waals surface area contributed by atoms with E-state index in [1.54, 1.807) is 54.5 Å². The Kier molecular flexibility index (Phi) is 26.8. The van der Waals surface area contributed by atoms with Gasteiger partial charge in [-0.3, -0.25) is 23.7 Å². The summed E-state index contributed by atoms with van der Waals surface area (Å²) in [6.45, 7) is 9.46. The number of rotatable bonds is 25. The van der Waals surface area contributed by atoms with E-state index in [2.05, 4.69) is 23.3 Å². The molecule has 0 aromatic heterocycles. The molecule has 4 amide bonds. The molecule has 1 saturated heterocycles. The largest absolute Gasteiger partial charge is 0.379 e. The van der Waals surface area contributed by atoms with Crippen LogP contribution in [0.4, 0.5) is 0 Å². The van der Waals surface area contributed by atoms with Crippen LogP contribution in [-0.2, 0) is 44.4 Å². The maximum absolute atomic E-state index is 14.3. The molecule has 1 heterocycles. The highest BCUT2D eigenvalue weighted by atomic mass is 32.1. The van der Waals surface area contributed by atoms with E-state index >= 15 is 0 Å². The molecular formula is C43H79N8O9PS. The zero-order chi connectivity index (χ0) is 47.2. The van der Waals surface area contributed by atoms with Crippen LogP contribution in [0.25, 0.3) is 0 Å². The summed E-state index contributed by atoms with van der Waals surface area (Å²) in [6.07, 6.45) is 1.45. The number of methoxy groups -OCH3 is 2. The van der Waals surface area contributed by atoms with Gasteiger partial charge in [-0.25, -0.2) is 4.99 Å². The Bertz CT molecular complexity index is 1560. The zero-order valence-electron chi connectivity index (χ0n) is 39.4. The Morgan fingerprint density at radius 3 is 2.15 bits per heavy atom. The van der Waals surface area contributed by atoms with E-state index in [1.807, 2.05) is 71.8 Å². The molecule has 1 fully saturated rings. The lowest BCUT2D eigenvalue weighted by Gasteiger charge is -2.40. The number of guanidine groups is 1. The number of hydrogen-bond acceptors (Lipinski definition) is 11. The number of likely N-dealkylation sites (tertiary alicyclic amines) is 1. The minimum absolute atomic E-state index is 0.00737. The van der Waals surface area contributed by atoms with E-state index in [-0.39, 0.29) is 56.1 Å². The molecule has 0 aliphatic carbocycles. The average molecular weight is 915 g/mol. The summed E-state index contributed by atoms with van der Waals surface area (Å²) < 4.78 is 30.9. The fourth-order valence-corrected chi connectivity index (χ4v) is 9.30. The highest BCUT2D eigenvalue weighted by molar-refractivity contribution is 7.79. The van der Waals surface area contributed by atoms with Crippen molar-refractivity contribution < 1.29 is 42.8 Å². The monoisotopic (exact) mass is 915 g/mol. The van der Waals surface area contributed by atoms with Gasteiger partial charge in [0.1, 0.15) is 18.0 Å². The fourth-order valence-electron chi connectivity index (χ4n) is 7.72. The third kappa shape index (κ3) is 18.1. The molecule has 62 heavy (non-hydrogen) atoms. The lowest BCUT2D eigenvalue weighted by atomic mass is 9.89. The minimum Gasteiger partial charge on any atom is -0.379 e. The van der Waals surface area contributed by atoms with Gasteiger partial charge in [0.15, 0.2) is 5.96 Å². The van der Waals surface area contributed by atoms with E-state index < -0.39 is 61.5 Å². The summed E-state index contributed by atoms with van der Waals surface area (Å²) >= 11 is 3.53. The summed E-state index contributed by atoms with van der Waals surface area (Å²) in [5, 5.41) is 5.33. The second kappa shape index (κ2) is 29.2. The number of carbonyl (C=O) groups is 4. The quantitative estimate of drug-likeness (QED) is 0.0316. The molecule has 2 rings (SSSR count). The number of nitrogens with zero attached hydrogens (tertiary/aromatic N) is 5. The van der Waals surface area contributed by atoms with Gasteiger partial charge in [-0.2, -0.15) is 12.6 Å². The molecule has 1 aromatic carbocycles. The van der Waals surface area contributed by atoms with Gasteiger partial charge in [-0.15, -0.1) is 0 Å². The Labute approximate surface area is 377 Å². The van der Waals surface area contributed by atoms with Gasteiger partial charge in [0, 0.05) is 75.5 Å². The molecule has 0 bridgehead atoms. The lowest BCUT2D eigenvalue weighted by molar-refractivity contribution is -0.145.